The van der Waals surface area contributed by atoms with Gasteiger partial charge >= 0.3 is 0 Å². The minimum Gasteiger partial charge on any atom is -0.484 e. The number of aryl methyl sites for hydroxylation is 1. The van der Waals surface area contributed by atoms with Crippen molar-refractivity contribution in [1.82, 2.24) is 15.8 Å². The second kappa shape index (κ2) is 11.3. The van der Waals surface area contributed by atoms with Gasteiger partial charge in [-0.25, -0.2) is 4.39 Å². The molecule has 162 valence electrons. The Morgan fingerprint density at radius 1 is 1.43 bits per heavy atom. The fourth-order valence-corrected chi connectivity index (χ4v) is 2.53. The lowest BCUT2D eigenvalue weighted by atomic mass is 10.1. The lowest BCUT2D eigenvalue weighted by molar-refractivity contribution is -0.123. The van der Waals surface area contributed by atoms with E-state index in [4.69, 9.17) is 20.9 Å². The van der Waals surface area contributed by atoms with Crippen LogP contribution in [0, 0.1) is 5.82 Å². The number of amides is 2. The van der Waals surface area contributed by atoms with E-state index in [0.717, 1.165) is 6.07 Å². The van der Waals surface area contributed by atoms with Crippen molar-refractivity contribution in [2.24, 2.45) is 0 Å². The third-order valence-corrected chi connectivity index (χ3v) is 4.37. The molecule has 2 rings (SSSR count). The van der Waals surface area contributed by atoms with Gasteiger partial charge in [0.2, 0.25) is 5.76 Å². The first-order chi connectivity index (χ1) is 14.3. The zero-order valence-corrected chi connectivity index (χ0v) is 17.1. The Labute approximate surface area is 178 Å². The Bertz CT molecular complexity index is 889. The molecule has 3 N–H and O–H groups in total. The fraction of sp³-hybridized carbons (Fsp3) is 0.350. The van der Waals surface area contributed by atoms with E-state index < -0.39 is 29.8 Å². The number of hydrogen-bond donors (Lipinski definition) is 3. The zero-order chi connectivity index (χ0) is 22.1. The zero-order valence-electron chi connectivity index (χ0n) is 16.4. The monoisotopic (exact) mass is 439 g/mol. The molecule has 2 atom stereocenters. The van der Waals surface area contributed by atoms with Gasteiger partial charge in [-0.15, -0.1) is 6.58 Å². The first kappa shape index (κ1) is 23.4. The summed E-state index contributed by atoms with van der Waals surface area (Å²) in [4.78, 5) is 24.0. The van der Waals surface area contributed by atoms with Crippen molar-refractivity contribution in [2.45, 2.75) is 31.9 Å². The van der Waals surface area contributed by atoms with Crippen LogP contribution in [0.5, 0.6) is 5.75 Å². The van der Waals surface area contributed by atoms with Crippen LogP contribution in [0.2, 0.25) is 5.02 Å². The van der Waals surface area contributed by atoms with Crippen molar-refractivity contribution in [3.05, 3.63) is 59.2 Å². The summed E-state index contributed by atoms with van der Waals surface area (Å²) in [7, 11) is 0. The maximum Gasteiger partial charge on any atom is 0.290 e. The van der Waals surface area contributed by atoms with E-state index >= 15 is 0 Å². The van der Waals surface area contributed by atoms with Crippen molar-refractivity contribution in [3.8, 4) is 5.75 Å². The maximum absolute atomic E-state index is 13.3. The van der Waals surface area contributed by atoms with Gasteiger partial charge in [0.15, 0.2) is 6.61 Å². The first-order valence-electron chi connectivity index (χ1n) is 9.24. The van der Waals surface area contributed by atoms with Gasteiger partial charge in [-0.05, 0) is 25.0 Å². The Morgan fingerprint density at radius 2 is 2.20 bits per heavy atom. The molecule has 10 heteroatoms. The van der Waals surface area contributed by atoms with Crippen molar-refractivity contribution in [1.29, 1.82) is 0 Å². The average molecular weight is 440 g/mol. The number of aliphatic hydroxyl groups is 1. The molecule has 2 aromatic rings. The van der Waals surface area contributed by atoms with Crippen molar-refractivity contribution in [2.75, 3.05) is 13.2 Å². The van der Waals surface area contributed by atoms with Crippen LogP contribution in [-0.4, -0.2) is 47.4 Å². The SMILES string of the molecule is C=CC(C[C@H](O)CNC(=O)COc1ccc(Cl)c(F)c1)NC(=O)c1cc(CC)no1. The molecule has 2 amide bonds. The van der Waals surface area contributed by atoms with Crippen molar-refractivity contribution < 1.29 is 28.3 Å². The molecular formula is C20H23ClFN3O5. The van der Waals surface area contributed by atoms with E-state index in [2.05, 4.69) is 22.4 Å². The van der Waals surface area contributed by atoms with Gasteiger partial charge in [0.1, 0.15) is 11.6 Å². The van der Waals surface area contributed by atoms with Gasteiger partial charge in [-0.1, -0.05) is 29.8 Å². The summed E-state index contributed by atoms with van der Waals surface area (Å²) in [5.41, 5.74) is 0.654. The molecule has 8 nitrogen and oxygen atoms in total. The Morgan fingerprint density at radius 3 is 2.83 bits per heavy atom. The minimum absolute atomic E-state index is 0.0482. The van der Waals surface area contributed by atoms with Crippen LogP contribution in [0.25, 0.3) is 0 Å². The third-order valence-electron chi connectivity index (χ3n) is 4.07. The first-order valence-corrected chi connectivity index (χ1v) is 9.61. The van der Waals surface area contributed by atoms with Crippen LogP contribution in [0.15, 0.2) is 41.4 Å². The number of benzene rings is 1. The van der Waals surface area contributed by atoms with Gasteiger partial charge < -0.3 is 25.0 Å². The molecule has 1 heterocycles. The summed E-state index contributed by atoms with van der Waals surface area (Å²) < 4.78 is 23.5. The summed E-state index contributed by atoms with van der Waals surface area (Å²) in [5.74, 6) is -1.42. The van der Waals surface area contributed by atoms with Gasteiger partial charge in [-0.2, -0.15) is 0 Å². The van der Waals surface area contributed by atoms with Gasteiger partial charge in [0, 0.05) is 24.7 Å². The second-order valence-electron chi connectivity index (χ2n) is 6.41. The number of ether oxygens (including phenoxy) is 1. The highest BCUT2D eigenvalue weighted by molar-refractivity contribution is 6.30. The minimum atomic E-state index is -0.953. The van der Waals surface area contributed by atoms with E-state index in [0.29, 0.717) is 12.1 Å². The van der Waals surface area contributed by atoms with E-state index in [9.17, 15) is 19.1 Å². The number of nitrogens with zero attached hydrogens (tertiary/aromatic N) is 1. The average Bonchev–Trinajstić information content (AvgIpc) is 3.22. The number of carbonyl (C=O) groups is 2. The van der Waals surface area contributed by atoms with E-state index in [1.807, 2.05) is 6.92 Å². The largest absolute Gasteiger partial charge is 0.484 e. The second-order valence-corrected chi connectivity index (χ2v) is 6.82. The maximum atomic E-state index is 13.3. The molecule has 0 aliphatic rings. The van der Waals surface area contributed by atoms with Crippen LogP contribution in [0.3, 0.4) is 0 Å². The van der Waals surface area contributed by atoms with Crippen LogP contribution >= 0.6 is 11.6 Å². The van der Waals surface area contributed by atoms with Crippen LogP contribution in [0.4, 0.5) is 4.39 Å². The lowest BCUT2D eigenvalue weighted by Crippen LogP contribution is -2.40. The van der Waals surface area contributed by atoms with Gasteiger partial charge in [-0.3, -0.25) is 9.59 Å². The predicted molar refractivity (Wildman–Crippen MR) is 108 cm³/mol. The Hall–Kier alpha value is -2.91. The fourth-order valence-electron chi connectivity index (χ4n) is 2.41. The number of nitrogens with one attached hydrogen (secondary N) is 2. The van der Waals surface area contributed by atoms with E-state index in [1.165, 1.54) is 18.2 Å². The normalized spacial score (nSPS) is 12.7. The number of carbonyl (C=O) groups excluding carboxylic acids is 2. The van der Waals surface area contributed by atoms with Crippen LogP contribution < -0.4 is 15.4 Å². The lowest BCUT2D eigenvalue weighted by Gasteiger charge is -2.18. The van der Waals surface area contributed by atoms with Gasteiger partial charge in [0.05, 0.1) is 16.8 Å². The van der Waals surface area contributed by atoms with Gasteiger partial charge in [0.25, 0.3) is 11.8 Å². The molecule has 0 aliphatic carbocycles. The molecule has 0 spiro atoms. The summed E-state index contributed by atoms with van der Waals surface area (Å²) in [6, 6.07) is 4.81. The molecular weight excluding hydrogens is 417 g/mol. The highest BCUT2D eigenvalue weighted by atomic mass is 35.5. The molecule has 0 aliphatic heterocycles. The van der Waals surface area contributed by atoms with Crippen LogP contribution in [0.1, 0.15) is 29.6 Å². The molecule has 1 unspecified atom stereocenters. The molecule has 0 saturated heterocycles. The quantitative estimate of drug-likeness (QED) is 0.463. The summed E-state index contributed by atoms with van der Waals surface area (Å²) in [6.07, 6.45) is 1.27. The number of hydrogen-bond acceptors (Lipinski definition) is 6. The topological polar surface area (TPSA) is 114 Å². The summed E-state index contributed by atoms with van der Waals surface area (Å²) >= 11 is 5.58. The number of aliphatic hydroxyl groups excluding tert-OH is 1. The smallest absolute Gasteiger partial charge is 0.290 e. The number of halogens is 2. The predicted octanol–water partition coefficient (Wildman–Crippen LogP) is 2.26. The van der Waals surface area contributed by atoms with Crippen LogP contribution in [-0.2, 0) is 11.2 Å². The van der Waals surface area contributed by atoms with E-state index in [-0.39, 0.29) is 36.1 Å². The van der Waals surface area contributed by atoms with Crippen molar-refractivity contribution in [3.63, 3.8) is 0 Å². The van der Waals surface area contributed by atoms with E-state index in [1.54, 1.807) is 6.07 Å². The molecule has 0 radical (unpaired) electrons. The highest BCUT2D eigenvalue weighted by Gasteiger charge is 2.19. The molecule has 1 aromatic heterocycles. The molecule has 0 bridgehead atoms. The summed E-state index contributed by atoms with van der Waals surface area (Å²) in [6.45, 7) is 5.09. The number of rotatable bonds is 11. The van der Waals surface area contributed by atoms with Crippen molar-refractivity contribution >= 4 is 23.4 Å². The highest BCUT2D eigenvalue weighted by Crippen LogP contribution is 2.20. The summed E-state index contributed by atoms with van der Waals surface area (Å²) in [5, 5.41) is 19.0. The third kappa shape index (κ3) is 7.16. The Kier molecular flexibility index (Phi) is 8.82. The molecule has 0 fully saturated rings. The standard InChI is InChI=1S/C20H23ClFN3O5/c1-3-12(24-20(28)18-8-13(4-2)25-30-18)7-14(26)10-23-19(27)11-29-15-5-6-16(21)17(22)9-15/h3,5-6,8-9,12,14,26H,1,4,7,10-11H2,2H3,(H,23,27)(H,24,28)/t12?,14-/m0/s1. The number of aromatic nitrogens is 1. The molecule has 1 aromatic carbocycles. The molecule has 0 saturated carbocycles. The molecule has 30 heavy (non-hydrogen) atoms. The Balaban J connectivity index is 1.74.